The molecule has 3 rings (SSSR count). The van der Waals surface area contributed by atoms with Crippen molar-refractivity contribution in [2.24, 2.45) is 0 Å². The predicted molar refractivity (Wildman–Crippen MR) is 103 cm³/mol. The largest absolute Gasteiger partial charge is 0.293 e. The van der Waals surface area contributed by atoms with Crippen molar-refractivity contribution in [1.82, 2.24) is 4.90 Å². The Morgan fingerprint density at radius 2 is 1.80 bits per heavy atom. The van der Waals surface area contributed by atoms with E-state index in [0.29, 0.717) is 15.8 Å². The molecule has 0 saturated carbocycles. The molecule has 1 saturated heterocycles. The lowest BCUT2D eigenvalue weighted by Gasteiger charge is -2.14. The van der Waals surface area contributed by atoms with Gasteiger partial charge in [-0.05, 0) is 35.8 Å². The third-order valence-corrected chi connectivity index (χ3v) is 5.12. The smallest absolute Gasteiger partial charge is 0.269 e. The number of nitro benzene ring substituents is 1. The zero-order valence-electron chi connectivity index (χ0n) is 13.1. The number of nitro groups is 1. The van der Waals surface area contributed by atoms with Crippen LogP contribution in [0.3, 0.4) is 0 Å². The van der Waals surface area contributed by atoms with Crippen LogP contribution in [-0.4, -0.2) is 26.6 Å². The molecule has 1 fully saturated rings. The lowest BCUT2D eigenvalue weighted by molar-refractivity contribution is -0.384. The number of thiocarbonyl (C=S) groups is 1. The molecule has 0 N–H and O–H groups in total. The molecule has 1 amide bonds. The first-order chi connectivity index (χ1) is 12.0. The minimum Gasteiger partial charge on any atom is -0.293 e. The predicted octanol–water partition coefficient (Wildman–Crippen LogP) is 4.04. The van der Waals surface area contributed by atoms with Crippen molar-refractivity contribution in [2.45, 2.75) is 6.42 Å². The molecule has 7 heteroatoms. The van der Waals surface area contributed by atoms with Gasteiger partial charge in [-0.1, -0.05) is 54.3 Å². The van der Waals surface area contributed by atoms with Crippen LogP contribution in [0.4, 0.5) is 5.69 Å². The van der Waals surface area contributed by atoms with Crippen molar-refractivity contribution < 1.29 is 9.72 Å². The fourth-order valence-electron chi connectivity index (χ4n) is 2.42. The van der Waals surface area contributed by atoms with E-state index in [-0.39, 0.29) is 11.6 Å². The van der Waals surface area contributed by atoms with E-state index < -0.39 is 4.92 Å². The monoisotopic (exact) mass is 370 g/mol. The van der Waals surface area contributed by atoms with Crippen molar-refractivity contribution in [1.29, 1.82) is 0 Å². The standard InChI is InChI=1S/C18H14N2O3S2/c21-17-16(12-14-6-8-15(9-7-14)20(22)23)25-18(24)19(17)11-10-13-4-2-1-3-5-13/h1-9,12H,10-11H2/b16-12+. The number of carbonyl (C=O) groups excluding carboxylic acids is 1. The van der Waals surface area contributed by atoms with Crippen LogP contribution in [0.1, 0.15) is 11.1 Å². The Morgan fingerprint density at radius 3 is 2.44 bits per heavy atom. The number of rotatable bonds is 5. The molecule has 1 heterocycles. The molecule has 2 aromatic rings. The lowest BCUT2D eigenvalue weighted by Crippen LogP contribution is -2.30. The molecule has 0 bridgehead atoms. The maximum atomic E-state index is 12.6. The maximum Gasteiger partial charge on any atom is 0.269 e. The number of amides is 1. The quantitative estimate of drug-likeness (QED) is 0.344. The van der Waals surface area contributed by atoms with E-state index in [4.69, 9.17) is 12.2 Å². The summed E-state index contributed by atoms with van der Waals surface area (Å²) in [7, 11) is 0. The molecule has 0 unspecified atom stereocenters. The van der Waals surface area contributed by atoms with Gasteiger partial charge in [0.15, 0.2) is 0 Å². The maximum absolute atomic E-state index is 12.6. The van der Waals surface area contributed by atoms with Crippen LogP contribution in [0.5, 0.6) is 0 Å². The van der Waals surface area contributed by atoms with Crippen molar-refractivity contribution >= 4 is 46.0 Å². The molecule has 0 aromatic heterocycles. The van der Waals surface area contributed by atoms with Crippen molar-refractivity contribution in [3.63, 3.8) is 0 Å². The fourth-order valence-corrected chi connectivity index (χ4v) is 3.73. The summed E-state index contributed by atoms with van der Waals surface area (Å²) in [6.07, 6.45) is 2.45. The minimum absolute atomic E-state index is 0.0209. The first-order valence-electron chi connectivity index (χ1n) is 7.58. The molecule has 0 radical (unpaired) electrons. The Labute approximate surface area is 154 Å². The second kappa shape index (κ2) is 7.58. The second-order valence-electron chi connectivity index (χ2n) is 5.42. The topological polar surface area (TPSA) is 63.4 Å². The molecule has 1 aliphatic rings. The van der Waals surface area contributed by atoms with Crippen LogP contribution < -0.4 is 0 Å². The third-order valence-electron chi connectivity index (χ3n) is 3.74. The van der Waals surface area contributed by atoms with E-state index in [0.717, 1.165) is 17.5 Å². The molecule has 0 spiro atoms. The molecule has 126 valence electrons. The Bertz CT molecular complexity index is 848. The van der Waals surface area contributed by atoms with E-state index in [2.05, 4.69) is 0 Å². The molecule has 1 aliphatic heterocycles. The Kier molecular flexibility index (Phi) is 5.25. The van der Waals surface area contributed by atoms with Crippen LogP contribution in [0, 0.1) is 10.1 Å². The Morgan fingerprint density at radius 1 is 1.12 bits per heavy atom. The van der Waals surface area contributed by atoms with Gasteiger partial charge in [0.2, 0.25) is 0 Å². The van der Waals surface area contributed by atoms with E-state index in [9.17, 15) is 14.9 Å². The van der Waals surface area contributed by atoms with E-state index in [1.807, 2.05) is 30.3 Å². The van der Waals surface area contributed by atoms with Gasteiger partial charge in [0, 0.05) is 18.7 Å². The van der Waals surface area contributed by atoms with Crippen molar-refractivity contribution in [2.75, 3.05) is 6.54 Å². The molecule has 2 aromatic carbocycles. The molecule has 25 heavy (non-hydrogen) atoms. The van der Waals surface area contributed by atoms with Crippen LogP contribution in [0.25, 0.3) is 6.08 Å². The van der Waals surface area contributed by atoms with Gasteiger partial charge >= 0.3 is 0 Å². The Hall–Kier alpha value is -2.51. The minimum atomic E-state index is -0.452. The summed E-state index contributed by atoms with van der Waals surface area (Å²) >= 11 is 6.58. The zero-order valence-corrected chi connectivity index (χ0v) is 14.8. The van der Waals surface area contributed by atoms with Gasteiger partial charge in [-0.3, -0.25) is 19.8 Å². The highest BCUT2D eigenvalue weighted by molar-refractivity contribution is 8.26. The molecule has 0 aliphatic carbocycles. The molecular formula is C18H14N2O3S2. The summed E-state index contributed by atoms with van der Waals surface area (Å²) in [6, 6.07) is 16.0. The lowest BCUT2D eigenvalue weighted by atomic mass is 10.1. The van der Waals surface area contributed by atoms with Gasteiger partial charge in [-0.25, -0.2) is 0 Å². The number of thioether (sulfide) groups is 1. The van der Waals surface area contributed by atoms with Crippen LogP contribution >= 0.6 is 24.0 Å². The third kappa shape index (κ3) is 4.12. The van der Waals surface area contributed by atoms with Gasteiger partial charge in [0.25, 0.3) is 11.6 Å². The number of benzene rings is 2. The highest BCUT2D eigenvalue weighted by Crippen LogP contribution is 2.32. The number of hydrogen-bond acceptors (Lipinski definition) is 5. The van der Waals surface area contributed by atoms with Gasteiger partial charge in [0.1, 0.15) is 4.32 Å². The molecular weight excluding hydrogens is 356 g/mol. The van der Waals surface area contributed by atoms with Crippen molar-refractivity contribution in [3.05, 3.63) is 80.7 Å². The summed E-state index contributed by atoms with van der Waals surface area (Å²) in [6.45, 7) is 0.534. The number of hydrogen-bond donors (Lipinski definition) is 0. The average Bonchev–Trinajstić information content (AvgIpc) is 2.88. The zero-order chi connectivity index (χ0) is 17.8. The van der Waals surface area contributed by atoms with E-state index in [1.54, 1.807) is 23.1 Å². The van der Waals surface area contributed by atoms with Crippen molar-refractivity contribution in [3.8, 4) is 0 Å². The SMILES string of the molecule is O=C1/C(=C\c2ccc([N+](=O)[O-])cc2)SC(=S)N1CCc1ccccc1. The fraction of sp³-hybridized carbons (Fsp3) is 0.111. The normalized spacial score (nSPS) is 15.8. The number of carbonyl (C=O) groups is 1. The van der Waals surface area contributed by atoms with Crippen LogP contribution in [0.15, 0.2) is 59.5 Å². The molecule has 5 nitrogen and oxygen atoms in total. The van der Waals surface area contributed by atoms with Gasteiger partial charge in [-0.2, -0.15) is 0 Å². The first-order valence-corrected chi connectivity index (χ1v) is 8.81. The summed E-state index contributed by atoms with van der Waals surface area (Å²) in [5, 5.41) is 10.7. The summed E-state index contributed by atoms with van der Waals surface area (Å²) < 4.78 is 0.536. The molecule has 0 atom stereocenters. The summed E-state index contributed by atoms with van der Waals surface area (Å²) in [4.78, 5) is 24.9. The summed E-state index contributed by atoms with van der Waals surface area (Å²) in [5.41, 5.74) is 1.90. The van der Waals surface area contributed by atoms with Crippen LogP contribution in [-0.2, 0) is 11.2 Å². The first kappa shape index (κ1) is 17.3. The number of nitrogens with zero attached hydrogens (tertiary/aromatic N) is 2. The van der Waals surface area contributed by atoms with Gasteiger partial charge in [-0.15, -0.1) is 0 Å². The highest BCUT2D eigenvalue weighted by atomic mass is 32.2. The van der Waals surface area contributed by atoms with E-state index in [1.165, 1.54) is 23.9 Å². The second-order valence-corrected chi connectivity index (χ2v) is 7.09. The van der Waals surface area contributed by atoms with Crippen LogP contribution in [0.2, 0.25) is 0 Å². The van der Waals surface area contributed by atoms with Gasteiger partial charge < -0.3 is 0 Å². The van der Waals surface area contributed by atoms with Gasteiger partial charge in [0.05, 0.1) is 9.83 Å². The number of non-ortho nitro benzene ring substituents is 1. The average molecular weight is 370 g/mol. The van der Waals surface area contributed by atoms with E-state index >= 15 is 0 Å². The Balaban J connectivity index is 1.70. The summed E-state index contributed by atoms with van der Waals surface area (Å²) in [5.74, 6) is -0.121. The highest BCUT2D eigenvalue weighted by Gasteiger charge is 2.31.